The summed E-state index contributed by atoms with van der Waals surface area (Å²) in [7, 11) is 0. The fourth-order valence-electron chi connectivity index (χ4n) is 2.21. The maximum Gasteiger partial charge on any atom is 0.0992 e. The molecule has 1 aliphatic carbocycles. The van der Waals surface area contributed by atoms with Gasteiger partial charge in [-0.2, -0.15) is 17.0 Å². The second kappa shape index (κ2) is 5.97. The Kier molecular flexibility index (Phi) is 4.55. The zero-order valence-corrected chi connectivity index (χ0v) is 12.1. The Labute approximate surface area is 118 Å². The summed E-state index contributed by atoms with van der Waals surface area (Å²) in [5.74, 6) is 0. The van der Waals surface area contributed by atoms with Gasteiger partial charge in [0.25, 0.3) is 0 Å². The molecule has 1 aliphatic rings. The lowest BCUT2D eigenvalue weighted by molar-refractivity contribution is 0.345. The first-order valence-electron chi connectivity index (χ1n) is 6.13. The van der Waals surface area contributed by atoms with Crippen molar-refractivity contribution in [1.29, 1.82) is 5.26 Å². The summed E-state index contributed by atoms with van der Waals surface area (Å²) >= 11 is 8.11. The van der Waals surface area contributed by atoms with Crippen LogP contribution in [0.3, 0.4) is 0 Å². The van der Waals surface area contributed by atoms with Gasteiger partial charge in [0.1, 0.15) is 0 Å². The number of nitrogens with one attached hydrogen (secondary N) is 1. The highest BCUT2D eigenvalue weighted by molar-refractivity contribution is 8.00. The molecule has 1 aromatic carbocycles. The van der Waals surface area contributed by atoms with Gasteiger partial charge in [0.2, 0.25) is 0 Å². The number of nitrogens with zero attached hydrogens (tertiary/aromatic N) is 1. The van der Waals surface area contributed by atoms with E-state index in [1.54, 1.807) is 6.07 Å². The lowest BCUT2D eigenvalue weighted by atomic mass is 9.84. The number of benzene rings is 1. The van der Waals surface area contributed by atoms with Crippen LogP contribution in [0, 0.1) is 11.3 Å². The zero-order valence-electron chi connectivity index (χ0n) is 10.5. The highest BCUT2D eigenvalue weighted by Crippen LogP contribution is 2.42. The molecule has 18 heavy (non-hydrogen) atoms. The lowest BCUT2D eigenvalue weighted by Crippen LogP contribution is -2.43. The molecule has 2 rings (SSSR count). The molecule has 0 radical (unpaired) electrons. The molecule has 0 heterocycles. The van der Waals surface area contributed by atoms with Crippen LogP contribution in [0.4, 0.5) is 0 Å². The number of thioether (sulfide) groups is 1. The van der Waals surface area contributed by atoms with Crippen LogP contribution in [-0.4, -0.2) is 17.5 Å². The Morgan fingerprint density at radius 2 is 2.28 bits per heavy atom. The average molecular weight is 281 g/mol. The fraction of sp³-hybridized carbons (Fsp3) is 0.500. The monoisotopic (exact) mass is 280 g/mol. The Bertz CT molecular complexity index is 458. The van der Waals surface area contributed by atoms with E-state index in [-0.39, 0.29) is 0 Å². The van der Waals surface area contributed by atoms with Crippen LogP contribution in [-0.2, 0) is 6.54 Å². The first kappa shape index (κ1) is 13.7. The minimum Gasteiger partial charge on any atom is -0.311 e. The topological polar surface area (TPSA) is 35.8 Å². The van der Waals surface area contributed by atoms with Crippen LogP contribution >= 0.6 is 23.4 Å². The van der Waals surface area contributed by atoms with Crippen molar-refractivity contribution in [2.75, 3.05) is 12.8 Å². The Morgan fingerprint density at radius 1 is 1.50 bits per heavy atom. The van der Waals surface area contributed by atoms with E-state index in [4.69, 9.17) is 16.9 Å². The molecule has 1 fully saturated rings. The van der Waals surface area contributed by atoms with Crippen molar-refractivity contribution >= 4 is 23.4 Å². The SMILES string of the molecule is CSC1(CNCc2ccc(C#N)cc2Cl)CCC1. The molecular formula is C14H17ClN2S. The second-order valence-electron chi connectivity index (χ2n) is 4.76. The predicted molar refractivity (Wildman–Crippen MR) is 78.0 cm³/mol. The molecule has 0 spiro atoms. The van der Waals surface area contributed by atoms with Crippen LogP contribution in [0.2, 0.25) is 5.02 Å². The summed E-state index contributed by atoms with van der Waals surface area (Å²) in [5.41, 5.74) is 1.68. The standard InChI is InChI=1S/C14H17ClN2S/c1-18-14(5-2-6-14)10-17-9-12-4-3-11(8-16)7-13(12)15/h3-4,7,17H,2,5-6,9-10H2,1H3. The Balaban J connectivity index is 1.89. The van der Waals surface area contributed by atoms with Crippen LogP contribution < -0.4 is 5.32 Å². The molecule has 0 bridgehead atoms. The van der Waals surface area contributed by atoms with Gasteiger partial charge in [-0.15, -0.1) is 0 Å². The summed E-state index contributed by atoms with van der Waals surface area (Å²) in [6, 6.07) is 7.57. The second-order valence-corrected chi connectivity index (χ2v) is 6.44. The molecule has 1 aromatic rings. The summed E-state index contributed by atoms with van der Waals surface area (Å²) in [4.78, 5) is 0. The van der Waals surface area contributed by atoms with Crippen molar-refractivity contribution < 1.29 is 0 Å². The molecule has 1 saturated carbocycles. The third-order valence-electron chi connectivity index (χ3n) is 3.64. The quantitative estimate of drug-likeness (QED) is 0.895. The maximum atomic E-state index is 8.78. The summed E-state index contributed by atoms with van der Waals surface area (Å²) < 4.78 is 0.444. The summed E-state index contributed by atoms with van der Waals surface area (Å²) in [5, 5.41) is 12.9. The van der Waals surface area contributed by atoms with Crippen molar-refractivity contribution in [3.05, 3.63) is 34.3 Å². The minimum atomic E-state index is 0.444. The van der Waals surface area contributed by atoms with Crippen LogP contribution in [0.15, 0.2) is 18.2 Å². The van der Waals surface area contributed by atoms with Gasteiger partial charge in [-0.25, -0.2) is 0 Å². The number of rotatable bonds is 5. The predicted octanol–water partition coefficient (Wildman–Crippen LogP) is 3.59. The molecule has 0 aromatic heterocycles. The van der Waals surface area contributed by atoms with E-state index in [1.807, 2.05) is 23.9 Å². The molecule has 0 unspecified atom stereocenters. The van der Waals surface area contributed by atoms with Crippen LogP contribution in [0.1, 0.15) is 30.4 Å². The Morgan fingerprint density at radius 3 is 2.78 bits per heavy atom. The van der Waals surface area contributed by atoms with E-state index in [9.17, 15) is 0 Å². The van der Waals surface area contributed by atoms with Gasteiger partial charge < -0.3 is 5.32 Å². The molecule has 96 valence electrons. The number of halogens is 1. The van der Waals surface area contributed by atoms with Gasteiger partial charge in [-0.3, -0.25) is 0 Å². The van der Waals surface area contributed by atoms with E-state index in [1.165, 1.54) is 19.3 Å². The van der Waals surface area contributed by atoms with Gasteiger partial charge in [-0.05, 0) is 36.8 Å². The third kappa shape index (κ3) is 3.00. The molecule has 0 atom stereocenters. The molecule has 4 heteroatoms. The summed E-state index contributed by atoms with van der Waals surface area (Å²) in [6.07, 6.45) is 6.15. The Hall–Kier alpha value is -0.690. The number of hydrogen-bond acceptors (Lipinski definition) is 3. The smallest absolute Gasteiger partial charge is 0.0992 e. The maximum absolute atomic E-state index is 8.78. The fourth-order valence-corrected chi connectivity index (χ4v) is 3.40. The molecule has 0 aliphatic heterocycles. The van der Waals surface area contributed by atoms with Gasteiger partial charge in [0, 0.05) is 22.9 Å². The van der Waals surface area contributed by atoms with E-state index in [0.29, 0.717) is 15.3 Å². The van der Waals surface area contributed by atoms with E-state index in [2.05, 4.69) is 17.6 Å². The largest absolute Gasteiger partial charge is 0.311 e. The minimum absolute atomic E-state index is 0.444. The van der Waals surface area contributed by atoms with Crippen molar-refractivity contribution in [3.8, 4) is 6.07 Å². The van der Waals surface area contributed by atoms with Crippen molar-refractivity contribution in [1.82, 2.24) is 5.32 Å². The van der Waals surface area contributed by atoms with Crippen LogP contribution in [0.5, 0.6) is 0 Å². The first-order valence-corrected chi connectivity index (χ1v) is 7.74. The van der Waals surface area contributed by atoms with E-state index >= 15 is 0 Å². The molecular weight excluding hydrogens is 264 g/mol. The third-order valence-corrected chi connectivity index (χ3v) is 5.41. The van der Waals surface area contributed by atoms with Gasteiger partial charge in [-0.1, -0.05) is 24.1 Å². The molecule has 1 N–H and O–H groups in total. The number of nitriles is 1. The molecule has 2 nitrogen and oxygen atoms in total. The van der Waals surface area contributed by atoms with Gasteiger partial charge >= 0.3 is 0 Å². The van der Waals surface area contributed by atoms with Crippen molar-refractivity contribution in [2.24, 2.45) is 0 Å². The van der Waals surface area contributed by atoms with Crippen molar-refractivity contribution in [3.63, 3.8) is 0 Å². The van der Waals surface area contributed by atoms with E-state index < -0.39 is 0 Å². The highest BCUT2D eigenvalue weighted by atomic mass is 35.5. The van der Waals surface area contributed by atoms with Crippen molar-refractivity contribution in [2.45, 2.75) is 30.6 Å². The normalized spacial score (nSPS) is 16.9. The van der Waals surface area contributed by atoms with Crippen LogP contribution in [0.25, 0.3) is 0 Å². The molecule has 0 saturated heterocycles. The van der Waals surface area contributed by atoms with Gasteiger partial charge in [0.15, 0.2) is 0 Å². The average Bonchev–Trinajstić information content (AvgIpc) is 2.34. The van der Waals surface area contributed by atoms with Gasteiger partial charge in [0.05, 0.1) is 11.6 Å². The zero-order chi connectivity index (χ0) is 13.0. The summed E-state index contributed by atoms with van der Waals surface area (Å²) in [6.45, 7) is 1.80. The lowest BCUT2D eigenvalue weighted by Gasteiger charge is -2.40. The highest BCUT2D eigenvalue weighted by Gasteiger charge is 2.35. The first-order chi connectivity index (χ1) is 8.69. The molecule has 0 amide bonds. The number of hydrogen-bond donors (Lipinski definition) is 1. The van der Waals surface area contributed by atoms with E-state index in [0.717, 1.165) is 18.7 Å².